The summed E-state index contributed by atoms with van der Waals surface area (Å²) in [5.74, 6) is -0.176. The van der Waals surface area contributed by atoms with Gasteiger partial charge in [-0.25, -0.2) is 4.39 Å². The molecule has 1 fully saturated rings. The molecule has 0 radical (unpaired) electrons. The van der Waals surface area contributed by atoms with Gasteiger partial charge in [-0.05, 0) is 36.0 Å². The van der Waals surface area contributed by atoms with Crippen LogP contribution in [0.1, 0.15) is 37.6 Å². The second-order valence-electron chi connectivity index (χ2n) is 6.23. The smallest absolute Gasteiger partial charge is 0.256 e. The van der Waals surface area contributed by atoms with Crippen molar-refractivity contribution in [1.82, 2.24) is 4.90 Å². The van der Waals surface area contributed by atoms with Crippen molar-refractivity contribution in [2.75, 3.05) is 13.1 Å². The van der Waals surface area contributed by atoms with Crippen molar-refractivity contribution >= 4 is 21.8 Å². The lowest BCUT2D eigenvalue weighted by Gasteiger charge is -2.27. The maximum atomic E-state index is 13.8. The number of nitrogens with zero attached hydrogens (tertiary/aromatic N) is 1. The minimum absolute atomic E-state index is 0.165. The summed E-state index contributed by atoms with van der Waals surface area (Å²) >= 11 is 3.20. The van der Waals surface area contributed by atoms with E-state index >= 15 is 0 Å². The van der Waals surface area contributed by atoms with Crippen molar-refractivity contribution in [2.24, 2.45) is 11.3 Å². The molecule has 0 aliphatic carbocycles. The number of likely N-dealkylation sites (tertiary alicyclic amines) is 1. The first kappa shape index (κ1) is 14.5. The van der Waals surface area contributed by atoms with E-state index in [0.717, 1.165) is 19.5 Å². The fraction of sp³-hybridized carbons (Fsp3) is 0.533. The third kappa shape index (κ3) is 3.16. The monoisotopic (exact) mass is 327 g/mol. The standard InChI is InChI=1S/C15H19BrFNO/c1-15(2,3)10-6-7-18(9-10)14(19)12-5-4-11(16)8-13(12)17/h4-5,8,10H,6-7,9H2,1-3H3. The predicted molar refractivity (Wildman–Crippen MR) is 77.6 cm³/mol. The summed E-state index contributed by atoms with van der Waals surface area (Å²) in [5.41, 5.74) is 0.352. The molecule has 2 nitrogen and oxygen atoms in total. The third-order valence-corrected chi connectivity index (χ3v) is 4.36. The minimum atomic E-state index is -0.460. The highest BCUT2D eigenvalue weighted by molar-refractivity contribution is 9.10. The molecule has 0 N–H and O–H groups in total. The van der Waals surface area contributed by atoms with Crippen LogP contribution in [0.5, 0.6) is 0 Å². The van der Waals surface area contributed by atoms with Gasteiger partial charge in [0.1, 0.15) is 5.82 Å². The molecule has 1 amide bonds. The zero-order chi connectivity index (χ0) is 14.2. The highest BCUT2D eigenvalue weighted by Gasteiger charge is 2.34. The Morgan fingerprint density at radius 3 is 2.63 bits per heavy atom. The largest absolute Gasteiger partial charge is 0.338 e. The van der Waals surface area contributed by atoms with Crippen LogP contribution in [0, 0.1) is 17.2 Å². The second kappa shape index (κ2) is 5.23. The number of benzene rings is 1. The van der Waals surface area contributed by atoms with E-state index in [1.54, 1.807) is 17.0 Å². The lowest BCUT2D eigenvalue weighted by atomic mass is 9.80. The average Bonchev–Trinajstić information content (AvgIpc) is 2.76. The summed E-state index contributed by atoms with van der Waals surface area (Å²) < 4.78 is 14.5. The van der Waals surface area contributed by atoms with Crippen LogP contribution < -0.4 is 0 Å². The van der Waals surface area contributed by atoms with Crippen LogP contribution in [0.3, 0.4) is 0 Å². The molecule has 1 aromatic carbocycles. The van der Waals surface area contributed by atoms with Crippen LogP contribution in [0.15, 0.2) is 22.7 Å². The summed E-state index contributed by atoms with van der Waals surface area (Å²) in [6, 6.07) is 4.59. The first-order chi connectivity index (χ1) is 8.79. The Balaban J connectivity index is 2.14. The number of hydrogen-bond donors (Lipinski definition) is 0. The van der Waals surface area contributed by atoms with E-state index in [0.29, 0.717) is 10.4 Å². The molecule has 1 aliphatic rings. The molecule has 0 bridgehead atoms. The zero-order valence-corrected chi connectivity index (χ0v) is 13.1. The van der Waals surface area contributed by atoms with Crippen molar-refractivity contribution in [3.8, 4) is 0 Å². The minimum Gasteiger partial charge on any atom is -0.338 e. The average molecular weight is 328 g/mol. The Bertz CT molecular complexity index is 495. The maximum Gasteiger partial charge on any atom is 0.256 e. The summed E-state index contributed by atoms with van der Waals surface area (Å²) in [4.78, 5) is 14.1. The van der Waals surface area contributed by atoms with Gasteiger partial charge in [0.2, 0.25) is 0 Å². The van der Waals surface area contributed by atoms with Crippen LogP contribution in [0.4, 0.5) is 4.39 Å². The maximum absolute atomic E-state index is 13.8. The number of carbonyl (C=O) groups excluding carboxylic acids is 1. The Labute approximate surface area is 122 Å². The molecule has 1 atom stereocenters. The Morgan fingerprint density at radius 1 is 1.42 bits per heavy atom. The van der Waals surface area contributed by atoms with Gasteiger partial charge >= 0.3 is 0 Å². The van der Waals surface area contributed by atoms with Gasteiger partial charge in [0.05, 0.1) is 5.56 Å². The molecule has 2 rings (SSSR count). The van der Waals surface area contributed by atoms with Gasteiger partial charge in [-0.15, -0.1) is 0 Å². The van der Waals surface area contributed by atoms with Gasteiger partial charge in [0, 0.05) is 17.6 Å². The van der Waals surface area contributed by atoms with Crippen LogP contribution >= 0.6 is 15.9 Å². The van der Waals surface area contributed by atoms with Crippen LogP contribution in [0.2, 0.25) is 0 Å². The summed E-state index contributed by atoms with van der Waals surface area (Å²) in [7, 11) is 0. The SMILES string of the molecule is CC(C)(C)C1CCN(C(=O)c2ccc(Br)cc2F)C1. The molecular formula is C15H19BrFNO. The van der Waals surface area contributed by atoms with Crippen molar-refractivity contribution in [2.45, 2.75) is 27.2 Å². The summed E-state index contributed by atoms with van der Waals surface area (Å²) in [6.07, 6.45) is 0.993. The first-order valence-electron chi connectivity index (χ1n) is 6.53. The molecule has 1 unspecified atom stereocenters. The van der Waals surface area contributed by atoms with Gasteiger partial charge in [-0.2, -0.15) is 0 Å². The van der Waals surface area contributed by atoms with E-state index in [9.17, 15) is 9.18 Å². The lowest BCUT2D eigenvalue weighted by molar-refractivity contribution is 0.0772. The van der Waals surface area contributed by atoms with Crippen LogP contribution in [0.25, 0.3) is 0 Å². The topological polar surface area (TPSA) is 20.3 Å². The van der Waals surface area contributed by atoms with E-state index in [4.69, 9.17) is 0 Å². The molecule has 0 spiro atoms. The zero-order valence-electron chi connectivity index (χ0n) is 11.5. The molecule has 19 heavy (non-hydrogen) atoms. The number of hydrogen-bond acceptors (Lipinski definition) is 1. The molecule has 1 saturated heterocycles. The van der Waals surface area contributed by atoms with E-state index in [-0.39, 0.29) is 16.9 Å². The van der Waals surface area contributed by atoms with Crippen molar-refractivity contribution in [3.05, 3.63) is 34.1 Å². The molecule has 1 aliphatic heterocycles. The normalized spacial score (nSPS) is 19.8. The molecule has 1 heterocycles. The van der Waals surface area contributed by atoms with E-state index in [2.05, 4.69) is 36.7 Å². The Morgan fingerprint density at radius 2 is 2.11 bits per heavy atom. The number of carbonyl (C=O) groups is 1. The fourth-order valence-corrected chi connectivity index (χ4v) is 2.82. The molecule has 0 aromatic heterocycles. The molecule has 4 heteroatoms. The molecular weight excluding hydrogens is 309 g/mol. The Hall–Kier alpha value is -0.900. The number of halogens is 2. The van der Waals surface area contributed by atoms with Crippen LogP contribution in [-0.4, -0.2) is 23.9 Å². The third-order valence-electron chi connectivity index (χ3n) is 3.86. The van der Waals surface area contributed by atoms with Gasteiger partial charge in [-0.3, -0.25) is 4.79 Å². The van der Waals surface area contributed by atoms with Crippen LogP contribution in [-0.2, 0) is 0 Å². The number of amides is 1. The van der Waals surface area contributed by atoms with Crippen molar-refractivity contribution < 1.29 is 9.18 Å². The highest BCUT2D eigenvalue weighted by Crippen LogP contribution is 2.34. The van der Waals surface area contributed by atoms with Gasteiger partial charge in [-0.1, -0.05) is 36.7 Å². The molecule has 0 saturated carbocycles. The predicted octanol–water partition coefficient (Wildman–Crippen LogP) is 4.10. The van der Waals surface area contributed by atoms with Crippen molar-refractivity contribution in [1.29, 1.82) is 0 Å². The number of rotatable bonds is 1. The summed E-state index contributed by atoms with van der Waals surface area (Å²) in [6.45, 7) is 8.00. The quantitative estimate of drug-likeness (QED) is 0.760. The van der Waals surface area contributed by atoms with E-state index in [1.165, 1.54) is 6.07 Å². The Kier molecular flexibility index (Phi) is 4.00. The van der Waals surface area contributed by atoms with E-state index < -0.39 is 5.82 Å². The highest BCUT2D eigenvalue weighted by atomic mass is 79.9. The first-order valence-corrected chi connectivity index (χ1v) is 7.32. The van der Waals surface area contributed by atoms with Gasteiger partial charge in [0.15, 0.2) is 0 Å². The van der Waals surface area contributed by atoms with E-state index in [1.807, 2.05) is 0 Å². The summed E-state index contributed by atoms with van der Waals surface area (Å²) in [5, 5.41) is 0. The fourth-order valence-electron chi connectivity index (χ4n) is 2.48. The molecule has 104 valence electrons. The second-order valence-corrected chi connectivity index (χ2v) is 7.14. The lowest BCUT2D eigenvalue weighted by Crippen LogP contribution is -2.31. The van der Waals surface area contributed by atoms with Gasteiger partial charge in [0.25, 0.3) is 5.91 Å². The van der Waals surface area contributed by atoms with Crippen molar-refractivity contribution in [3.63, 3.8) is 0 Å². The van der Waals surface area contributed by atoms with Gasteiger partial charge < -0.3 is 4.90 Å². The molecule has 1 aromatic rings.